The zero-order valence-corrected chi connectivity index (χ0v) is 43.6. The van der Waals surface area contributed by atoms with E-state index in [9.17, 15) is 19.2 Å². The number of imidazole rings is 2. The molecule has 2 saturated heterocycles. The summed E-state index contributed by atoms with van der Waals surface area (Å²) in [4.78, 5) is 74.5. The highest BCUT2D eigenvalue weighted by Crippen LogP contribution is 2.63. The number of fused-ring (bicyclic) bond motifs is 12. The van der Waals surface area contributed by atoms with Crippen molar-refractivity contribution in [1.29, 1.82) is 0 Å². The summed E-state index contributed by atoms with van der Waals surface area (Å²) in [6.07, 6.45) is 15.3. The molecule has 74 heavy (non-hydrogen) atoms. The molecule has 14 unspecified atom stereocenters. The average molecular weight is 999 g/mol. The summed E-state index contributed by atoms with van der Waals surface area (Å²) in [5.41, 5.74) is 15.8. The fraction of sp³-hybridized carbons (Fsp3) is 0.533. The molecule has 4 amide bonds. The normalized spacial score (nSPS) is 28.7. The summed E-state index contributed by atoms with van der Waals surface area (Å²) in [6.45, 7) is 8.10. The van der Waals surface area contributed by atoms with E-state index in [2.05, 4.69) is 69.1 Å². The zero-order valence-electron chi connectivity index (χ0n) is 43.6. The molecule has 14 atom stereocenters. The van der Waals surface area contributed by atoms with Crippen molar-refractivity contribution in [3.63, 3.8) is 0 Å². The number of methoxy groups -OCH3 is 2. The first-order chi connectivity index (χ1) is 36.0. The molecule has 3 aromatic carbocycles. The molecule has 14 nitrogen and oxygen atoms in total. The van der Waals surface area contributed by atoms with E-state index in [4.69, 9.17) is 19.4 Å². The number of nitrogens with zero attached hydrogens (tertiary/aromatic N) is 4. The van der Waals surface area contributed by atoms with Crippen LogP contribution in [-0.4, -0.2) is 92.1 Å². The van der Waals surface area contributed by atoms with Crippen molar-refractivity contribution in [2.75, 3.05) is 14.2 Å². The summed E-state index contributed by atoms with van der Waals surface area (Å²) < 4.78 is 9.84. The van der Waals surface area contributed by atoms with Crippen LogP contribution < -0.4 is 10.6 Å². The molecule has 4 N–H and O–H groups in total. The average Bonchev–Trinajstić information content (AvgIpc) is 4.06. The lowest BCUT2D eigenvalue weighted by molar-refractivity contribution is -0.137. The highest BCUT2D eigenvalue weighted by molar-refractivity contribution is 5.89. The third kappa shape index (κ3) is 7.60. The second kappa shape index (κ2) is 18.1. The van der Waals surface area contributed by atoms with Crippen LogP contribution in [0.1, 0.15) is 174 Å². The van der Waals surface area contributed by atoms with Gasteiger partial charge in [0.15, 0.2) is 0 Å². The first kappa shape index (κ1) is 47.3. The number of nitrogens with one attached hydrogen (secondary N) is 4. The van der Waals surface area contributed by atoms with Crippen LogP contribution in [-0.2, 0) is 19.1 Å². The van der Waals surface area contributed by atoms with Crippen molar-refractivity contribution in [2.24, 2.45) is 23.7 Å². The van der Waals surface area contributed by atoms with E-state index in [0.29, 0.717) is 35.5 Å². The molecule has 0 radical (unpaired) electrons. The molecule has 8 aliphatic rings. The molecule has 0 spiro atoms. The van der Waals surface area contributed by atoms with Gasteiger partial charge in [0.2, 0.25) is 11.8 Å². The summed E-state index contributed by atoms with van der Waals surface area (Å²) in [5, 5.41) is 5.69. The number of aromatic amines is 2. The van der Waals surface area contributed by atoms with Gasteiger partial charge in [-0.05, 0) is 162 Å². The molecule has 4 heterocycles. The molecule has 13 rings (SSSR count). The minimum Gasteiger partial charge on any atom is -0.453 e. The Hall–Kier alpha value is -6.44. The highest BCUT2D eigenvalue weighted by Gasteiger charge is 2.58. The number of amides is 4. The van der Waals surface area contributed by atoms with E-state index < -0.39 is 24.3 Å². The standard InChI is InChI=1S/C60H70N8O6/c1-7-29(3)53(65-59(71)73-5)57(69)67-45-23-37(45)25-47(67)55-61-27-43(63-55)32-11-9-31(10-12-32)39-17-18-40(50-34-14-13-33(21-34)49(39)50)41-19-20-42(52-36-16-15-35(22-36)51(41)52)44-28-62-56(64-44)48-26-38-24-46(38)68(48)58(70)54(30(4)8-2)66-60(72)74-6/h9-12,17-20,27-30,33-38,45-48,53-54H,7-8,13-16,21-26H2,1-6H3,(H,61,63)(H,62,64)(H,65,71)(H,66,72). The number of H-pyrrole nitrogens is 2. The largest absolute Gasteiger partial charge is 0.453 e. The Balaban J connectivity index is 0.776. The van der Waals surface area contributed by atoms with Gasteiger partial charge in [-0.2, -0.15) is 0 Å². The van der Waals surface area contributed by atoms with Gasteiger partial charge in [-0.15, -0.1) is 0 Å². The smallest absolute Gasteiger partial charge is 0.407 e. The molecule has 4 saturated carbocycles. The first-order valence-corrected chi connectivity index (χ1v) is 27.8. The maximum Gasteiger partial charge on any atom is 0.407 e. The third-order valence-corrected chi connectivity index (χ3v) is 19.6. The summed E-state index contributed by atoms with van der Waals surface area (Å²) in [6, 6.07) is 17.2. The van der Waals surface area contributed by atoms with Crippen molar-refractivity contribution in [1.82, 2.24) is 40.4 Å². The minimum absolute atomic E-state index is 0.0399. The van der Waals surface area contributed by atoms with Crippen LogP contribution in [0.25, 0.3) is 44.8 Å². The maximum atomic E-state index is 14.3. The van der Waals surface area contributed by atoms with Gasteiger partial charge in [0.25, 0.3) is 0 Å². The number of benzene rings is 3. The van der Waals surface area contributed by atoms with Crippen molar-refractivity contribution >= 4 is 24.0 Å². The van der Waals surface area contributed by atoms with Gasteiger partial charge in [0, 0.05) is 17.6 Å². The zero-order chi connectivity index (χ0) is 50.8. The number of rotatable bonds is 14. The highest BCUT2D eigenvalue weighted by atomic mass is 16.5. The monoisotopic (exact) mass is 999 g/mol. The van der Waals surface area contributed by atoms with Gasteiger partial charge < -0.3 is 39.9 Å². The SMILES string of the molecule is CCC(C)C(NC(=O)OC)C(=O)N1C(c2ncc(-c3ccc(-c4ccc(-c5ccc(-c6cnc(C7CC8CC8N7C(=O)C(NC(=O)OC)C(C)CC)[nH]6)c6c5C5CCC6C5)c5c4C4CCC5C4)cc3)[nH]2)CC2CC21. The molecule has 2 aliphatic heterocycles. The van der Waals surface area contributed by atoms with Crippen LogP contribution in [0.2, 0.25) is 0 Å². The summed E-state index contributed by atoms with van der Waals surface area (Å²) in [7, 11) is 2.67. The molecule has 14 heteroatoms. The van der Waals surface area contributed by atoms with E-state index in [1.54, 1.807) is 11.1 Å². The second-order valence-electron chi connectivity index (χ2n) is 23.4. The number of ether oxygens (including phenoxy) is 2. The van der Waals surface area contributed by atoms with E-state index in [0.717, 1.165) is 67.1 Å². The lowest BCUT2D eigenvalue weighted by Crippen LogP contribution is -2.52. The van der Waals surface area contributed by atoms with Gasteiger partial charge in [0.05, 0.1) is 50.1 Å². The quantitative estimate of drug-likeness (QED) is 0.0850. The summed E-state index contributed by atoms with van der Waals surface area (Å²) >= 11 is 0. The first-order valence-electron chi connectivity index (χ1n) is 27.8. The number of alkyl carbamates (subject to hydrolysis) is 2. The van der Waals surface area contributed by atoms with Gasteiger partial charge in [-0.1, -0.05) is 89.1 Å². The fourth-order valence-corrected chi connectivity index (χ4v) is 15.2. The van der Waals surface area contributed by atoms with Gasteiger partial charge in [-0.25, -0.2) is 19.6 Å². The second-order valence-corrected chi connectivity index (χ2v) is 23.4. The Morgan fingerprint density at radius 2 is 0.959 bits per heavy atom. The van der Waals surface area contributed by atoms with Gasteiger partial charge in [0.1, 0.15) is 23.7 Å². The van der Waals surface area contributed by atoms with Gasteiger partial charge in [-0.3, -0.25) is 9.59 Å². The van der Waals surface area contributed by atoms with Crippen LogP contribution in [0.5, 0.6) is 0 Å². The van der Waals surface area contributed by atoms with Crippen LogP contribution in [0, 0.1) is 23.7 Å². The predicted octanol–water partition coefficient (Wildman–Crippen LogP) is 11.4. The Morgan fingerprint density at radius 1 is 0.554 bits per heavy atom. The number of hydrogen-bond donors (Lipinski definition) is 4. The van der Waals surface area contributed by atoms with Crippen molar-refractivity contribution in [3.05, 3.63) is 94.8 Å². The minimum atomic E-state index is -0.657. The molecule has 4 bridgehead atoms. The number of hydrogen-bond acceptors (Lipinski definition) is 8. The Morgan fingerprint density at radius 3 is 1.43 bits per heavy atom. The number of carbonyl (C=O) groups is 4. The molecule has 5 aromatic rings. The van der Waals surface area contributed by atoms with Crippen molar-refractivity contribution in [2.45, 2.75) is 165 Å². The van der Waals surface area contributed by atoms with Gasteiger partial charge >= 0.3 is 12.2 Å². The molecular weight excluding hydrogens is 929 g/mol. The van der Waals surface area contributed by atoms with Crippen molar-refractivity contribution < 1.29 is 28.7 Å². The Labute approximate surface area is 433 Å². The molecule has 6 fully saturated rings. The topological polar surface area (TPSA) is 175 Å². The molecule has 2 aromatic heterocycles. The maximum absolute atomic E-state index is 14.3. The van der Waals surface area contributed by atoms with Crippen LogP contribution in [0.3, 0.4) is 0 Å². The molecule has 386 valence electrons. The number of piperidine rings is 2. The number of likely N-dealkylation sites (tertiary alicyclic amines) is 2. The van der Waals surface area contributed by atoms with Crippen LogP contribution in [0.15, 0.2) is 60.9 Å². The molecule has 6 aliphatic carbocycles. The number of aromatic nitrogens is 4. The predicted molar refractivity (Wildman–Crippen MR) is 281 cm³/mol. The Bertz CT molecular complexity index is 3070. The fourth-order valence-electron chi connectivity index (χ4n) is 15.2. The Kier molecular flexibility index (Phi) is 11.6. The number of carbonyl (C=O) groups excluding carboxylic acids is 4. The van der Waals surface area contributed by atoms with E-state index in [1.807, 2.05) is 49.9 Å². The lowest BCUT2D eigenvalue weighted by atomic mass is 9.77. The van der Waals surface area contributed by atoms with E-state index in [-0.39, 0.29) is 47.8 Å². The van der Waals surface area contributed by atoms with Crippen molar-refractivity contribution in [3.8, 4) is 44.8 Å². The van der Waals surface area contributed by atoms with E-state index in [1.165, 1.54) is 91.7 Å². The third-order valence-electron chi connectivity index (χ3n) is 19.6. The molecular formula is C60H70N8O6. The van der Waals surface area contributed by atoms with Crippen LogP contribution in [0.4, 0.5) is 9.59 Å². The van der Waals surface area contributed by atoms with E-state index >= 15 is 0 Å². The summed E-state index contributed by atoms with van der Waals surface area (Å²) in [5.74, 6) is 4.53. The van der Waals surface area contributed by atoms with Crippen LogP contribution >= 0.6 is 0 Å². The lowest BCUT2D eigenvalue weighted by Gasteiger charge is -2.32.